The monoisotopic (exact) mass is 312 g/mol. The summed E-state index contributed by atoms with van der Waals surface area (Å²) < 4.78 is 31.6. The van der Waals surface area contributed by atoms with Gasteiger partial charge in [-0.25, -0.2) is 12.7 Å². The molecule has 6 heteroatoms. The van der Waals surface area contributed by atoms with E-state index in [1.807, 2.05) is 0 Å². The van der Waals surface area contributed by atoms with Crippen LogP contribution in [0.3, 0.4) is 0 Å². The lowest BCUT2D eigenvalue weighted by atomic mass is 9.96. The average molecular weight is 312 g/mol. The van der Waals surface area contributed by atoms with Gasteiger partial charge in [-0.05, 0) is 30.4 Å². The Labute approximate surface area is 127 Å². The normalized spacial score (nSPS) is 20.0. The molecule has 1 atom stereocenters. The standard InChI is InChI=1S/C15H24N2O3S/c1-12(2)13-6-7-17(11-13)21(18,19)9-8-20-15-5-3-4-14(16)10-15/h3-5,10,12-13H,6-9,11,16H2,1-2H3. The number of anilines is 1. The molecule has 0 saturated carbocycles. The van der Waals surface area contributed by atoms with Gasteiger partial charge in [-0.1, -0.05) is 19.9 Å². The molecule has 2 rings (SSSR count). The molecular weight excluding hydrogens is 288 g/mol. The van der Waals surface area contributed by atoms with Crippen LogP contribution in [0, 0.1) is 11.8 Å². The maximum absolute atomic E-state index is 12.3. The number of nitrogens with two attached hydrogens (primary N) is 1. The van der Waals surface area contributed by atoms with E-state index >= 15 is 0 Å². The van der Waals surface area contributed by atoms with Crippen molar-refractivity contribution < 1.29 is 13.2 Å². The zero-order chi connectivity index (χ0) is 15.5. The molecule has 0 radical (unpaired) electrons. The topological polar surface area (TPSA) is 72.6 Å². The summed E-state index contributed by atoms with van der Waals surface area (Å²) in [7, 11) is -3.23. The highest BCUT2D eigenvalue weighted by Crippen LogP contribution is 2.25. The van der Waals surface area contributed by atoms with Crippen LogP contribution in [0.1, 0.15) is 20.3 Å². The van der Waals surface area contributed by atoms with Crippen LogP contribution in [0.5, 0.6) is 5.75 Å². The van der Waals surface area contributed by atoms with Gasteiger partial charge in [0.05, 0.1) is 5.75 Å². The van der Waals surface area contributed by atoms with E-state index in [1.54, 1.807) is 28.6 Å². The summed E-state index contributed by atoms with van der Waals surface area (Å²) in [5, 5.41) is 0. The molecule has 1 aliphatic heterocycles. The van der Waals surface area contributed by atoms with Gasteiger partial charge in [0.15, 0.2) is 0 Å². The largest absolute Gasteiger partial charge is 0.492 e. The number of hydrogen-bond donors (Lipinski definition) is 1. The number of hydrogen-bond acceptors (Lipinski definition) is 4. The van der Waals surface area contributed by atoms with E-state index in [2.05, 4.69) is 13.8 Å². The molecule has 1 heterocycles. The SMILES string of the molecule is CC(C)C1CCN(S(=O)(=O)CCOc2cccc(N)c2)C1. The molecule has 0 aromatic heterocycles. The van der Waals surface area contributed by atoms with Gasteiger partial charge in [0, 0.05) is 24.8 Å². The van der Waals surface area contributed by atoms with Crippen molar-refractivity contribution in [3.8, 4) is 5.75 Å². The van der Waals surface area contributed by atoms with Crippen molar-refractivity contribution in [2.75, 3.05) is 31.2 Å². The molecule has 1 aliphatic rings. The highest BCUT2D eigenvalue weighted by atomic mass is 32.2. The third-order valence-electron chi connectivity index (χ3n) is 3.99. The molecule has 2 N–H and O–H groups in total. The molecular formula is C15H24N2O3S. The second-order valence-electron chi connectivity index (χ2n) is 5.89. The number of benzene rings is 1. The van der Waals surface area contributed by atoms with Crippen molar-refractivity contribution in [2.45, 2.75) is 20.3 Å². The Hall–Kier alpha value is -1.27. The van der Waals surface area contributed by atoms with Crippen LogP contribution in [0.2, 0.25) is 0 Å². The Morgan fingerprint density at radius 3 is 2.81 bits per heavy atom. The predicted octanol–water partition coefficient (Wildman–Crippen LogP) is 1.96. The lowest BCUT2D eigenvalue weighted by Gasteiger charge is -2.18. The Morgan fingerprint density at radius 1 is 1.43 bits per heavy atom. The van der Waals surface area contributed by atoms with Crippen molar-refractivity contribution >= 4 is 15.7 Å². The summed E-state index contributed by atoms with van der Waals surface area (Å²) >= 11 is 0. The fourth-order valence-corrected chi connectivity index (χ4v) is 3.90. The van der Waals surface area contributed by atoms with Crippen molar-refractivity contribution in [1.82, 2.24) is 4.31 Å². The van der Waals surface area contributed by atoms with Gasteiger partial charge >= 0.3 is 0 Å². The van der Waals surface area contributed by atoms with E-state index in [9.17, 15) is 8.42 Å². The summed E-state index contributed by atoms with van der Waals surface area (Å²) in [5.74, 6) is 1.60. The Kier molecular flexibility index (Phi) is 5.11. The van der Waals surface area contributed by atoms with E-state index in [4.69, 9.17) is 10.5 Å². The van der Waals surface area contributed by atoms with Crippen LogP contribution in [0.4, 0.5) is 5.69 Å². The van der Waals surface area contributed by atoms with Crippen LogP contribution in [-0.4, -0.2) is 38.2 Å². The van der Waals surface area contributed by atoms with Crippen molar-refractivity contribution in [1.29, 1.82) is 0 Å². The first kappa shape index (κ1) is 16.1. The Bertz CT molecular complexity index is 572. The summed E-state index contributed by atoms with van der Waals surface area (Å²) in [5.41, 5.74) is 6.26. The van der Waals surface area contributed by atoms with Gasteiger partial charge in [-0.15, -0.1) is 0 Å². The van der Waals surface area contributed by atoms with Gasteiger partial charge in [-0.3, -0.25) is 0 Å². The molecule has 21 heavy (non-hydrogen) atoms. The lowest BCUT2D eigenvalue weighted by Crippen LogP contribution is -2.33. The minimum atomic E-state index is -3.23. The molecule has 1 aromatic carbocycles. The first-order valence-electron chi connectivity index (χ1n) is 7.34. The second kappa shape index (κ2) is 6.66. The van der Waals surface area contributed by atoms with Crippen molar-refractivity contribution in [3.05, 3.63) is 24.3 Å². The van der Waals surface area contributed by atoms with Crippen LogP contribution in [0.25, 0.3) is 0 Å². The molecule has 118 valence electrons. The zero-order valence-corrected chi connectivity index (χ0v) is 13.5. The van der Waals surface area contributed by atoms with Crippen LogP contribution in [-0.2, 0) is 10.0 Å². The fourth-order valence-electron chi connectivity index (χ4n) is 2.55. The van der Waals surface area contributed by atoms with Gasteiger partial charge in [0.2, 0.25) is 10.0 Å². The van der Waals surface area contributed by atoms with Crippen LogP contribution in [0.15, 0.2) is 24.3 Å². The molecule has 1 fully saturated rings. The van der Waals surface area contributed by atoms with E-state index in [-0.39, 0.29) is 12.4 Å². The molecule has 0 amide bonds. The number of nitrogen functional groups attached to an aromatic ring is 1. The van der Waals surface area contributed by atoms with E-state index < -0.39 is 10.0 Å². The smallest absolute Gasteiger partial charge is 0.217 e. The van der Waals surface area contributed by atoms with E-state index in [0.29, 0.717) is 36.4 Å². The fraction of sp³-hybridized carbons (Fsp3) is 0.600. The van der Waals surface area contributed by atoms with Crippen LogP contribution < -0.4 is 10.5 Å². The Balaban J connectivity index is 1.85. The van der Waals surface area contributed by atoms with Gasteiger partial charge in [-0.2, -0.15) is 0 Å². The van der Waals surface area contributed by atoms with Gasteiger partial charge in [0.25, 0.3) is 0 Å². The maximum atomic E-state index is 12.3. The molecule has 0 aliphatic carbocycles. The van der Waals surface area contributed by atoms with Crippen molar-refractivity contribution in [3.63, 3.8) is 0 Å². The second-order valence-corrected chi connectivity index (χ2v) is 7.98. The van der Waals surface area contributed by atoms with Crippen LogP contribution >= 0.6 is 0 Å². The number of sulfonamides is 1. The quantitative estimate of drug-likeness (QED) is 0.815. The predicted molar refractivity (Wildman–Crippen MR) is 84.7 cm³/mol. The lowest BCUT2D eigenvalue weighted by molar-refractivity contribution is 0.335. The zero-order valence-electron chi connectivity index (χ0n) is 12.7. The van der Waals surface area contributed by atoms with Gasteiger partial charge < -0.3 is 10.5 Å². The molecule has 5 nitrogen and oxygen atoms in total. The average Bonchev–Trinajstić information content (AvgIpc) is 2.89. The van der Waals surface area contributed by atoms with Gasteiger partial charge in [0.1, 0.15) is 12.4 Å². The highest BCUT2D eigenvalue weighted by Gasteiger charge is 2.32. The number of nitrogens with zero attached hydrogens (tertiary/aromatic N) is 1. The van der Waals surface area contributed by atoms with E-state index in [1.165, 1.54) is 0 Å². The highest BCUT2D eigenvalue weighted by molar-refractivity contribution is 7.89. The van der Waals surface area contributed by atoms with E-state index in [0.717, 1.165) is 6.42 Å². The summed E-state index contributed by atoms with van der Waals surface area (Å²) in [4.78, 5) is 0. The number of ether oxygens (including phenoxy) is 1. The maximum Gasteiger partial charge on any atom is 0.217 e. The summed E-state index contributed by atoms with van der Waals surface area (Å²) in [6.07, 6.45) is 0.951. The Morgan fingerprint density at radius 2 is 2.19 bits per heavy atom. The molecule has 0 spiro atoms. The molecule has 0 bridgehead atoms. The molecule has 1 saturated heterocycles. The first-order valence-corrected chi connectivity index (χ1v) is 8.95. The molecule has 1 aromatic rings. The summed E-state index contributed by atoms with van der Waals surface area (Å²) in [6.45, 7) is 5.70. The molecule has 1 unspecified atom stereocenters. The minimum absolute atomic E-state index is 0.00656. The number of rotatable bonds is 6. The first-order chi connectivity index (χ1) is 9.88. The minimum Gasteiger partial charge on any atom is -0.492 e. The van der Waals surface area contributed by atoms with Crippen molar-refractivity contribution in [2.24, 2.45) is 11.8 Å². The third kappa shape index (κ3) is 4.35. The summed E-state index contributed by atoms with van der Waals surface area (Å²) in [6, 6.07) is 7.01. The third-order valence-corrected chi connectivity index (χ3v) is 5.79.